The summed E-state index contributed by atoms with van der Waals surface area (Å²) in [4.78, 5) is 7.13. The smallest absolute Gasteiger partial charge is 0.0573 e. The fraction of sp³-hybridized carbons (Fsp3) is 0.688. The highest BCUT2D eigenvalue weighted by atomic mass is 15.3. The van der Waals surface area contributed by atoms with Gasteiger partial charge in [0.1, 0.15) is 0 Å². The quantitative estimate of drug-likeness (QED) is 0.903. The Labute approximate surface area is 117 Å². The molecule has 0 saturated carbocycles. The molecule has 3 heteroatoms. The van der Waals surface area contributed by atoms with E-state index < -0.39 is 0 Å². The Morgan fingerprint density at radius 1 is 1.42 bits per heavy atom. The molecule has 2 heterocycles. The van der Waals surface area contributed by atoms with Gasteiger partial charge in [-0.15, -0.1) is 0 Å². The van der Waals surface area contributed by atoms with E-state index in [1.807, 2.05) is 12.3 Å². The first-order valence-electron chi connectivity index (χ1n) is 7.50. The van der Waals surface area contributed by atoms with Gasteiger partial charge < -0.3 is 5.32 Å². The third-order valence-electron chi connectivity index (χ3n) is 4.73. The zero-order chi connectivity index (χ0) is 13.9. The maximum atomic E-state index is 4.54. The molecular weight excluding hydrogens is 234 g/mol. The predicted octanol–water partition coefficient (Wildman–Crippen LogP) is 2.74. The Hall–Kier alpha value is -0.930. The van der Waals surface area contributed by atoms with Gasteiger partial charge in [-0.3, -0.25) is 9.88 Å². The fourth-order valence-electron chi connectivity index (χ4n) is 2.91. The zero-order valence-corrected chi connectivity index (χ0v) is 12.7. The number of nitrogens with zero attached hydrogens (tertiary/aromatic N) is 2. The van der Waals surface area contributed by atoms with Gasteiger partial charge in [-0.2, -0.15) is 0 Å². The van der Waals surface area contributed by atoms with Crippen LogP contribution in [0, 0.1) is 6.92 Å². The largest absolute Gasteiger partial charge is 0.308 e. The van der Waals surface area contributed by atoms with E-state index in [2.05, 4.69) is 49.0 Å². The molecule has 0 spiro atoms. The Kier molecular flexibility index (Phi) is 4.58. The summed E-state index contributed by atoms with van der Waals surface area (Å²) in [6.45, 7) is 12.2. The van der Waals surface area contributed by atoms with Gasteiger partial charge in [-0.1, -0.05) is 19.9 Å². The predicted molar refractivity (Wildman–Crippen MR) is 80.2 cm³/mol. The van der Waals surface area contributed by atoms with Crippen LogP contribution in [0.5, 0.6) is 0 Å². The molecule has 1 aromatic heterocycles. The summed E-state index contributed by atoms with van der Waals surface area (Å²) in [5, 5.41) is 3.75. The molecule has 1 N–H and O–H groups in total. The van der Waals surface area contributed by atoms with Crippen LogP contribution in [0.1, 0.15) is 44.9 Å². The van der Waals surface area contributed by atoms with Gasteiger partial charge in [-0.25, -0.2) is 0 Å². The molecule has 0 amide bonds. The number of aromatic nitrogens is 1. The summed E-state index contributed by atoms with van der Waals surface area (Å²) in [6.07, 6.45) is 4.28. The number of hydrogen-bond donors (Lipinski definition) is 1. The van der Waals surface area contributed by atoms with Gasteiger partial charge in [-0.05, 0) is 38.3 Å². The van der Waals surface area contributed by atoms with Crippen molar-refractivity contribution in [1.82, 2.24) is 15.2 Å². The van der Waals surface area contributed by atoms with Gasteiger partial charge >= 0.3 is 0 Å². The van der Waals surface area contributed by atoms with Crippen molar-refractivity contribution in [2.45, 2.75) is 58.7 Å². The lowest BCUT2D eigenvalue weighted by Crippen LogP contribution is -2.62. The topological polar surface area (TPSA) is 28.2 Å². The minimum absolute atomic E-state index is 0.287. The van der Waals surface area contributed by atoms with E-state index in [9.17, 15) is 0 Å². The Morgan fingerprint density at radius 2 is 2.16 bits per heavy atom. The first-order chi connectivity index (χ1) is 9.10. The third-order valence-corrected chi connectivity index (χ3v) is 4.73. The first kappa shape index (κ1) is 14.5. The summed E-state index contributed by atoms with van der Waals surface area (Å²) >= 11 is 0. The second-order valence-electron chi connectivity index (χ2n) is 5.89. The average molecular weight is 261 g/mol. The number of hydrogen-bond acceptors (Lipinski definition) is 3. The molecule has 106 valence electrons. The highest BCUT2D eigenvalue weighted by molar-refractivity contribution is 5.18. The molecular formula is C16H27N3. The SMILES string of the molecule is CCC1(CC)CN(Cc2ncccc2C)C(C)CN1. The fourth-order valence-corrected chi connectivity index (χ4v) is 2.91. The Bertz CT molecular complexity index is 412. The van der Waals surface area contributed by atoms with Crippen molar-refractivity contribution in [3.63, 3.8) is 0 Å². The van der Waals surface area contributed by atoms with Crippen LogP contribution in [0.25, 0.3) is 0 Å². The molecule has 1 aliphatic rings. The summed E-state index contributed by atoms with van der Waals surface area (Å²) < 4.78 is 0. The van der Waals surface area contributed by atoms with E-state index in [4.69, 9.17) is 0 Å². The van der Waals surface area contributed by atoms with Crippen molar-refractivity contribution < 1.29 is 0 Å². The highest BCUT2D eigenvalue weighted by Gasteiger charge is 2.35. The second-order valence-corrected chi connectivity index (χ2v) is 5.89. The van der Waals surface area contributed by atoms with E-state index in [-0.39, 0.29) is 5.54 Å². The lowest BCUT2D eigenvalue weighted by Gasteiger charge is -2.46. The minimum Gasteiger partial charge on any atom is -0.308 e. The van der Waals surface area contributed by atoms with Gasteiger partial charge in [0.2, 0.25) is 0 Å². The number of aryl methyl sites for hydroxylation is 1. The second kappa shape index (κ2) is 6.02. The molecule has 1 atom stereocenters. The maximum absolute atomic E-state index is 4.54. The van der Waals surface area contributed by atoms with Crippen molar-refractivity contribution in [2.24, 2.45) is 0 Å². The van der Waals surface area contributed by atoms with Crippen LogP contribution < -0.4 is 5.32 Å². The average Bonchev–Trinajstić information content (AvgIpc) is 2.44. The van der Waals surface area contributed by atoms with E-state index in [1.54, 1.807) is 0 Å². The number of pyridine rings is 1. The lowest BCUT2D eigenvalue weighted by molar-refractivity contribution is 0.0734. The van der Waals surface area contributed by atoms with Crippen LogP contribution in [-0.4, -0.2) is 34.6 Å². The summed E-state index contributed by atoms with van der Waals surface area (Å²) in [6, 6.07) is 4.75. The Morgan fingerprint density at radius 3 is 2.79 bits per heavy atom. The van der Waals surface area contributed by atoms with Gasteiger partial charge in [0.25, 0.3) is 0 Å². The summed E-state index contributed by atoms with van der Waals surface area (Å²) in [5.74, 6) is 0. The molecule has 2 rings (SSSR count). The van der Waals surface area contributed by atoms with Crippen LogP contribution in [-0.2, 0) is 6.54 Å². The van der Waals surface area contributed by atoms with Crippen LogP contribution in [0.3, 0.4) is 0 Å². The molecule has 1 aromatic rings. The van der Waals surface area contributed by atoms with Crippen molar-refractivity contribution in [2.75, 3.05) is 13.1 Å². The molecule has 0 aliphatic carbocycles. The van der Waals surface area contributed by atoms with Gasteiger partial charge in [0.05, 0.1) is 5.69 Å². The molecule has 1 saturated heterocycles. The zero-order valence-electron chi connectivity index (χ0n) is 12.7. The minimum atomic E-state index is 0.287. The van der Waals surface area contributed by atoms with E-state index in [0.29, 0.717) is 6.04 Å². The van der Waals surface area contributed by atoms with E-state index in [0.717, 1.165) is 19.6 Å². The van der Waals surface area contributed by atoms with Crippen molar-refractivity contribution in [3.05, 3.63) is 29.6 Å². The molecule has 1 aliphatic heterocycles. The molecule has 0 aromatic carbocycles. The van der Waals surface area contributed by atoms with Crippen LogP contribution in [0.15, 0.2) is 18.3 Å². The highest BCUT2D eigenvalue weighted by Crippen LogP contribution is 2.24. The number of piperazine rings is 1. The molecule has 19 heavy (non-hydrogen) atoms. The maximum Gasteiger partial charge on any atom is 0.0573 e. The van der Waals surface area contributed by atoms with Crippen LogP contribution in [0.2, 0.25) is 0 Å². The number of rotatable bonds is 4. The monoisotopic (exact) mass is 261 g/mol. The molecule has 0 bridgehead atoms. The summed E-state index contributed by atoms with van der Waals surface area (Å²) in [5.41, 5.74) is 2.80. The molecule has 3 nitrogen and oxygen atoms in total. The normalized spacial score (nSPS) is 23.5. The van der Waals surface area contributed by atoms with Crippen LogP contribution in [0.4, 0.5) is 0 Å². The Balaban J connectivity index is 2.12. The molecule has 1 fully saturated rings. The first-order valence-corrected chi connectivity index (χ1v) is 7.50. The van der Waals surface area contributed by atoms with Crippen molar-refractivity contribution in [1.29, 1.82) is 0 Å². The third kappa shape index (κ3) is 3.15. The van der Waals surface area contributed by atoms with Crippen LogP contribution >= 0.6 is 0 Å². The molecule has 0 radical (unpaired) electrons. The van der Waals surface area contributed by atoms with Crippen molar-refractivity contribution in [3.8, 4) is 0 Å². The lowest BCUT2D eigenvalue weighted by atomic mass is 9.88. The van der Waals surface area contributed by atoms with Crippen molar-refractivity contribution >= 4 is 0 Å². The summed E-state index contributed by atoms with van der Waals surface area (Å²) in [7, 11) is 0. The number of nitrogens with one attached hydrogen (secondary N) is 1. The van der Waals surface area contributed by atoms with Gasteiger partial charge in [0, 0.05) is 37.4 Å². The van der Waals surface area contributed by atoms with Gasteiger partial charge in [0.15, 0.2) is 0 Å². The standard InChI is InChI=1S/C16H27N3/c1-5-16(6-2)12-19(14(4)10-18-16)11-15-13(3)8-7-9-17-15/h7-9,14,18H,5-6,10-12H2,1-4H3. The van der Waals surface area contributed by atoms with E-state index in [1.165, 1.54) is 24.1 Å². The molecule has 1 unspecified atom stereocenters. The van der Waals surface area contributed by atoms with E-state index >= 15 is 0 Å².